The largest absolute Gasteiger partial charge is 0.341 e. The first-order valence-electron chi connectivity index (χ1n) is 6.83. The van der Waals surface area contributed by atoms with E-state index in [4.69, 9.17) is 0 Å². The van der Waals surface area contributed by atoms with E-state index in [1.54, 1.807) is 0 Å². The number of hydrogen-bond donors (Lipinski definition) is 1. The predicted molar refractivity (Wildman–Crippen MR) is 65.3 cm³/mol. The Kier molecular flexibility index (Phi) is 3.85. The molecule has 3 nitrogen and oxygen atoms in total. The van der Waals surface area contributed by atoms with Crippen LogP contribution in [-0.4, -0.2) is 36.0 Å². The molecule has 2 fully saturated rings. The Morgan fingerprint density at radius 1 is 1.19 bits per heavy atom. The predicted octanol–water partition coefficient (Wildman–Crippen LogP) is 1.92. The molecule has 92 valence electrons. The lowest BCUT2D eigenvalue weighted by Crippen LogP contribution is -2.54. The zero-order valence-corrected chi connectivity index (χ0v) is 10.4. The number of rotatable bonds is 2. The van der Waals surface area contributed by atoms with E-state index in [1.165, 1.54) is 25.7 Å². The summed E-state index contributed by atoms with van der Waals surface area (Å²) in [4.78, 5) is 14.7. The van der Waals surface area contributed by atoms with Gasteiger partial charge in [0.15, 0.2) is 0 Å². The Morgan fingerprint density at radius 2 is 1.88 bits per heavy atom. The quantitative estimate of drug-likeness (QED) is 0.777. The van der Waals surface area contributed by atoms with Gasteiger partial charge in [-0.2, -0.15) is 0 Å². The third kappa shape index (κ3) is 2.24. The van der Waals surface area contributed by atoms with Crippen molar-refractivity contribution in [3.8, 4) is 0 Å². The van der Waals surface area contributed by atoms with Crippen LogP contribution in [0, 0.1) is 0 Å². The average molecular weight is 224 g/mol. The molecule has 2 heterocycles. The molecular formula is C13H24N2O. The van der Waals surface area contributed by atoms with Gasteiger partial charge >= 0.3 is 0 Å². The van der Waals surface area contributed by atoms with Crippen LogP contribution in [0.2, 0.25) is 0 Å². The summed E-state index contributed by atoms with van der Waals surface area (Å²) < 4.78 is 0. The van der Waals surface area contributed by atoms with Crippen molar-refractivity contribution in [2.45, 2.75) is 57.4 Å². The van der Waals surface area contributed by atoms with E-state index in [9.17, 15) is 4.79 Å². The molecule has 0 spiro atoms. The highest BCUT2D eigenvalue weighted by atomic mass is 16.2. The lowest BCUT2D eigenvalue weighted by atomic mass is 9.92. The fourth-order valence-corrected chi connectivity index (χ4v) is 3.02. The number of hydrogen-bond acceptors (Lipinski definition) is 2. The van der Waals surface area contributed by atoms with Crippen LogP contribution in [0.5, 0.6) is 0 Å². The normalized spacial score (nSPS) is 31.4. The Hall–Kier alpha value is -0.570. The van der Waals surface area contributed by atoms with Crippen molar-refractivity contribution >= 4 is 5.91 Å². The van der Waals surface area contributed by atoms with Gasteiger partial charge in [0.25, 0.3) is 0 Å². The van der Waals surface area contributed by atoms with Gasteiger partial charge in [-0.3, -0.25) is 4.79 Å². The third-order valence-corrected chi connectivity index (χ3v) is 4.15. The van der Waals surface area contributed by atoms with Gasteiger partial charge < -0.3 is 10.2 Å². The number of carbonyl (C=O) groups excluding carboxylic acids is 1. The summed E-state index contributed by atoms with van der Waals surface area (Å²) in [5, 5.41) is 3.45. The van der Waals surface area contributed by atoms with Crippen LogP contribution in [0.25, 0.3) is 0 Å². The van der Waals surface area contributed by atoms with Crippen LogP contribution >= 0.6 is 0 Å². The van der Waals surface area contributed by atoms with Gasteiger partial charge in [-0.05, 0) is 38.6 Å². The van der Waals surface area contributed by atoms with Crippen molar-refractivity contribution in [1.29, 1.82) is 0 Å². The van der Waals surface area contributed by atoms with Gasteiger partial charge in [0.05, 0.1) is 5.54 Å². The molecule has 1 unspecified atom stereocenters. The molecule has 0 aromatic rings. The van der Waals surface area contributed by atoms with Crippen molar-refractivity contribution in [2.24, 2.45) is 0 Å². The fourth-order valence-electron chi connectivity index (χ4n) is 3.02. The monoisotopic (exact) mass is 224 g/mol. The molecule has 2 aliphatic heterocycles. The van der Waals surface area contributed by atoms with Crippen LogP contribution in [0.3, 0.4) is 0 Å². The average Bonchev–Trinajstić information content (AvgIpc) is 2.64. The summed E-state index contributed by atoms with van der Waals surface area (Å²) in [6, 6.07) is 0. The van der Waals surface area contributed by atoms with Crippen LogP contribution in [0.1, 0.15) is 51.9 Å². The second-order valence-corrected chi connectivity index (χ2v) is 5.17. The van der Waals surface area contributed by atoms with Gasteiger partial charge in [0.1, 0.15) is 0 Å². The SMILES string of the molecule is CCC1(C(=O)N2CCCCCC2)CCCN1. The van der Waals surface area contributed by atoms with Crippen LogP contribution in [0.15, 0.2) is 0 Å². The number of amides is 1. The van der Waals surface area contributed by atoms with Crippen molar-refractivity contribution in [1.82, 2.24) is 10.2 Å². The summed E-state index contributed by atoms with van der Waals surface area (Å²) in [5.41, 5.74) is -0.218. The van der Waals surface area contributed by atoms with Crippen LogP contribution in [-0.2, 0) is 4.79 Å². The molecule has 0 aliphatic carbocycles. The van der Waals surface area contributed by atoms with Gasteiger partial charge in [-0.15, -0.1) is 0 Å². The zero-order chi connectivity index (χ0) is 11.4. The maximum absolute atomic E-state index is 12.6. The Labute approximate surface area is 98.6 Å². The van der Waals surface area contributed by atoms with E-state index in [0.29, 0.717) is 5.91 Å². The summed E-state index contributed by atoms with van der Waals surface area (Å²) in [5.74, 6) is 0.370. The van der Waals surface area contributed by atoms with Crippen LogP contribution < -0.4 is 5.32 Å². The van der Waals surface area contributed by atoms with Gasteiger partial charge in [0.2, 0.25) is 5.91 Å². The third-order valence-electron chi connectivity index (χ3n) is 4.15. The first kappa shape index (κ1) is 11.9. The highest BCUT2D eigenvalue weighted by molar-refractivity contribution is 5.86. The van der Waals surface area contributed by atoms with Gasteiger partial charge in [0, 0.05) is 13.1 Å². The Bertz CT molecular complexity index is 238. The minimum atomic E-state index is -0.218. The van der Waals surface area contributed by atoms with E-state index in [-0.39, 0.29) is 5.54 Å². The number of likely N-dealkylation sites (tertiary alicyclic amines) is 1. The van der Waals surface area contributed by atoms with Gasteiger partial charge in [-0.1, -0.05) is 19.8 Å². The van der Waals surface area contributed by atoms with Crippen LogP contribution in [0.4, 0.5) is 0 Å². The summed E-state index contributed by atoms with van der Waals surface area (Å²) in [6.07, 6.45) is 8.05. The standard InChI is InChI=1S/C13H24N2O/c1-2-13(8-7-9-14-13)12(16)15-10-5-3-4-6-11-15/h14H,2-11H2,1H3. The second-order valence-electron chi connectivity index (χ2n) is 5.17. The molecule has 1 N–H and O–H groups in total. The summed E-state index contributed by atoms with van der Waals surface area (Å²) >= 11 is 0. The topological polar surface area (TPSA) is 32.3 Å². The number of carbonyl (C=O) groups is 1. The molecule has 0 aromatic carbocycles. The van der Waals surface area contributed by atoms with E-state index >= 15 is 0 Å². The van der Waals surface area contributed by atoms with Crippen molar-refractivity contribution in [3.05, 3.63) is 0 Å². The molecule has 0 radical (unpaired) electrons. The van der Waals surface area contributed by atoms with E-state index in [1.807, 2.05) is 0 Å². The fraction of sp³-hybridized carbons (Fsp3) is 0.923. The molecular weight excluding hydrogens is 200 g/mol. The zero-order valence-electron chi connectivity index (χ0n) is 10.4. The lowest BCUT2D eigenvalue weighted by molar-refractivity contribution is -0.138. The Balaban J connectivity index is 2.03. The molecule has 3 heteroatoms. The molecule has 16 heavy (non-hydrogen) atoms. The maximum Gasteiger partial charge on any atom is 0.242 e. The molecule has 1 atom stereocenters. The number of nitrogens with one attached hydrogen (secondary N) is 1. The summed E-state index contributed by atoms with van der Waals surface area (Å²) in [7, 11) is 0. The van der Waals surface area contributed by atoms with E-state index in [0.717, 1.165) is 38.9 Å². The van der Waals surface area contributed by atoms with Crippen molar-refractivity contribution < 1.29 is 4.79 Å². The molecule has 0 bridgehead atoms. The van der Waals surface area contributed by atoms with E-state index < -0.39 is 0 Å². The molecule has 0 aromatic heterocycles. The second kappa shape index (κ2) is 5.17. The molecule has 2 rings (SSSR count). The smallest absolute Gasteiger partial charge is 0.242 e. The highest BCUT2D eigenvalue weighted by Gasteiger charge is 2.41. The lowest BCUT2D eigenvalue weighted by Gasteiger charge is -2.33. The first-order valence-corrected chi connectivity index (χ1v) is 6.83. The molecule has 2 aliphatic rings. The highest BCUT2D eigenvalue weighted by Crippen LogP contribution is 2.26. The molecule has 0 saturated carbocycles. The molecule has 1 amide bonds. The number of nitrogens with zero attached hydrogens (tertiary/aromatic N) is 1. The minimum Gasteiger partial charge on any atom is -0.341 e. The summed E-state index contributed by atoms with van der Waals surface area (Å²) in [6.45, 7) is 5.09. The first-order chi connectivity index (χ1) is 7.78. The van der Waals surface area contributed by atoms with Crippen molar-refractivity contribution in [3.63, 3.8) is 0 Å². The van der Waals surface area contributed by atoms with Crippen molar-refractivity contribution in [2.75, 3.05) is 19.6 Å². The van der Waals surface area contributed by atoms with Gasteiger partial charge in [-0.25, -0.2) is 0 Å². The maximum atomic E-state index is 12.6. The molecule has 2 saturated heterocycles. The van der Waals surface area contributed by atoms with E-state index in [2.05, 4.69) is 17.1 Å². The minimum absolute atomic E-state index is 0.218. The Morgan fingerprint density at radius 3 is 2.38 bits per heavy atom.